The highest BCUT2D eigenvalue weighted by molar-refractivity contribution is 6.20. The van der Waals surface area contributed by atoms with Crippen molar-refractivity contribution in [2.24, 2.45) is 5.92 Å². The first kappa shape index (κ1) is 15.0. The number of hydrogen-bond donors (Lipinski definition) is 1. The number of benzene rings is 1. The number of nitrogens with one attached hydrogen (secondary N) is 1. The van der Waals surface area contributed by atoms with Crippen LogP contribution in [0.25, 0.3) is 0 Å². The minimum Gasteiger partial charge on any atom is -0.496 e. The number of alkyl halides is 1. The lowest BCUT2D eigenvalue weighted by atomic mass is 10.1. The lowest BCUT2D eigenvalue weighted by Crippen LogP contribution is -2.29. The van der Waals surface area contributed by atoms with Crippen LogP contribution in [0.3, 0.4) is 0 Å². The Morgan fingerprint density at radius 1 is 1.30 bits per heavy atom. The Morgan fingerprint density at radius 2 is 1.95 bits per heavy atom. The highest BCUT2D eigenvalue weighted by Gasteiger charge is 2.24. The van der Waals surface area contributed by atoms with E-state index in [1.807, 2.05) is 0 Å². The minimum atomic E-state index is -0.169. The molecule has 110 valence electrons. The van der Waals surface area contributed by atoms with Crippen LogP contribution in [-0.2, 0) is 0 Å². The lowest BCUT2D eigenvalue weighted by molar-refractivity contribution is 0.0941. The van der Waals surface area contributed by atoms with Crippen LogP contribution in [0.15, 0.2) is 18.2 Å². The highest BCUT2D eigenvalue weighted by atomic mass is 35.5. The molecule has 0 bridgehead atoms. The summed E-state index contributed by atoms with van der Waals surface area (Å²) in [5, 5.41) is 3.20. The fraction of sp³-hybridized carbons (Fsp3) is 0.533. The van der Waals surface area contributed by atoms with Crippen LogP contribution in [0.2, 0.25) is 0 Å². The van der Waals surface area contributed by atoms with Gasteiger partial charge in [0.1, 0.15) is 17.1 Å². The van der Waals surface area contributed by atoms with Crippen LogP contribution in [0.1, 0.15) is 29.6 Å². The van der Waals surface area contributed by atoms with Crippen molar-refractivity contribution in [1.82, 2.24) is 5.32 Å². The molecule has 2 unspecified atom stereocenters. The van der Waals surface area contributed by atoms with E-state index in [4.69, 9.17) is 21.1 Å². The quantitative estimate of drug-likeness (QED) is 0.850. The van der Waals surface area contributed by atoms with E-state index in [9.17, 15) is 4.79 Å². The van der Waals surface area contributed by atoms with Gasteiger partial charge in [0.2, 0.25) is 0 Å². The van der Waals surface area contributed by atoms with Gasteiger partial charge in [0.15, 0.2) is 0 Å². The monoisotopic (exact) mass is 297 g/mol. The predicted molar refractivity (Wildman–Crippen MR) is 78.9 cm³/mol. The van der Waals surface area contributed by atoms with Crippen molar-refractivity contribution in [2.45, 2.75) is 24.6 Å². The normalized spacial score (nSPS) is 21.6. The molecule has 0 aliphatic heterocycles. The summed E-state index contributed by atoms with van der Waals surface area (Å²) in [6.07, 6.45) is 3.06. The van der Waals surface area contributed by atoms with Crippen molar-refractivity contribution in [3.05, 3.63) is 23.8 Å². The van der Waals surface area contributed by atoms with Crippen LogP contribution < -0.4 is 14.8 Å². The summed E-state index contributed by atoms with van der Waals surface area (Å²) in [7, 11) is 3.08. The molecule has 0 radical (unpaired) electrons. The van der Waals surface area contributed by atoms with E-state index in [1.165, 1.54) is 0 Å². The Kier molecular flexibility index (Phi) is 5.12. The molecule has 1 amide bonds. The second kappa shape index (κ2) is 6.84. The zero-order chi connectivity index (χ0) is 14.5. The first-order chi connectivity index (χ1) is 9.65. The van der Waals surface area contributed by atoms with Crippen LogP contribution in [0, 0.1) is 5.92 Å². The smallest absolute Gasteiger partial charge is 0.258 e. The molecule has 20 heavy (non-hydrogen) atoms. The first-order valence-corrected chi connectivity index (χ1v) is 7.22. The third-order valence-corrected chi connectivity index (χ3v) is 4.08. The Hall–Kier alpha value is -1.42. The molecular weight excluding hydrogens is 278 g/mol. The number of amides is 1. The first-order valence-electron chi connectivity index (χ1n) is 6.79. The number of carbonyl (C=O) groups excluding carboxylic acids is 1. The van der Waals surface area contributed by atoms with Crippen molar-refractivity contribution in [2.75, 3.05) is 20.8 Å². The topological polar surface area (TPSA) is 47.6 Å². The van der Waals surface area contributed by atoms with Crippen molar-refractivity contribution in [1.29, 1.82) is 0 Å². The summed E-state index contributed by atoms with van der Waals surface area (Å²) in [6.45, 7) is 0.642. The predicted octanol–water partition coefficient (Wildman–Crippen LogP) is 2.84. The van der Waals surface area contributed by atoms with Crippen molar-refractivity contribution in [3.63, 3.8) is 0 Å². The number of hydrogen-bond acceptors (Lipinski definition) is 3. The van der Waals surface area contributed by atoms with Gasteiger partial charge in [0, 0.05) is 11.9 Å². The van der Waals surface area contributed by atoms with Crippen molar-refractivity contribution in [3.8, 4) is 11.5 Å². The fourth-order valence-electron chi connectivity index (χ4n) is 2.60. The molecule has 0 aromatic heterocycles. The van der Waals surface area contributed by atoms with Gasteiger partial charge >= 0.3 is 0 Å². The minimum absolute atomic E-state index is 0.169. The van der Waals surface area contributed by atoms with Gasteiger partial charge in [0.05, 0.1) is 14.2 Å². The zero-order valence-electron chi connectivity index (χ0n) is 11.8. The van der Waals surface area contributed by atoms with Gasteiger partial charge in [-0.15, -0.1) is 11.6 Å². The zero-order valence-corrected chi connectivity index (χ0v) is 12.6. The van der Waals surface area contributed by atoms with Gasteiger partial charge in [-0.3, -0.25) is 4.79 Å². The van der Waals surface area contributed by atoms with E-state index in [0.29, 0.717) is 29.5 Å². The van der Waals surface area contributed by atoms with Crippen LogP contribution in [-0.4, -0.2) is 32.0 Å². The highest BCUT2D eigenvalue weighted by Crippen LogP contribution is 2.30. The summed E-state index contributed by atoms with van der Waals surface area (Å²) < 4.78 is 10.5. The molecule has 4 nitrogen and oxygen atoms in total. The molecule has 1 fully saturated rings. The number of rotatable bonds is 5. The van der Waals surface area contributed by atoms with Gasteiger partial charge in [-0.1, -0.05) is 6.07 Å². The largest absolute Gasteiger partial charge is 0.496 e. The maximum atomic E-state index is 12.3. The van der Waals surface area contributed by atoms with Gasteiger partial charge in [-0.05, 0) is 37.3 Å². The molecule has 1 saturated carbocycles. The average molecular weight is 298 g/mol. The van der Waals surface area contributed by atoms with Gasteiger partial charge in [-0.2, -0.15) is 0 Å². The average Bonchev–Trinajstić information content (AvgIpc) is 2.89. The van der Waals surface area contributed by atoms with E-state index in [0.717, 1.165) is 19.3 Å². The maximum Gasteiger partial charge on any atom is 0.258 e. The van der Waals surface area contributed by atoms with E-state index >= 15 is 0 Å². The van der Waals surface area contributed by atoms with Crippen LogP contribution >= 0.6 is 11.6 Å². The van der Waals surface area contributed by atoms with Crippen molar-refractivity contribution >= 4 is 17.5 Å². The van der Waals surface area contributed by atoms with E-state index in [1.54, 1.807) is 32.4 Å². The Morgan fingerprint density at radius 3 is 2.45 bits per heavy atom. The third kappa shape index (κ3) is 3.37. The molecule has 1 N–H and O–H groups in total. The molecule has 1 aromatic carbocycles. The lowest BCUT2D eigenvalue weighted by Gasteiger charge is -2.15. The SMILES string of the molecule is COc1cccc(OC)c1C(=O)NCC1CCC(Cl)C1. The summed E-state index contributed by atoms with van der Waals surface area (Å²) in [5.74, 6) is 1.33. The summed E-state index contributed by atoms with van der Waals surface area (Å²) in [4.78, 5) is 12.3. The molecule has 1 aliphatic carbocycles. The van der Waals surface area contributed by atoms with E-state index in [-0.39, 0.29) is 11.3 Å². The summed E-state index contributed by atoms with van der Waals surface area (Å²) >= 11 is 6.08. The third-order valence-electron chi connectivity index (χ3n) is 3.68. The fourth-order valence-corrected chi connectivity index (χ4v) is 2.98. The van der Waals surface area contributed by atoms with Crippen molar-refractivity contribution < 1.29 is 14.3 Å². The standard InChI is InChI=1S/C15H20ClNO3/c1-19-12-4-3-5-13(20-2)14(12)15(18)17-9-10-6-7-11(16)8-10/h3-5,10-11H,6-9H2,1-2H3,(H,17,18). The maximum absolute atomic E-state index is 12.3. The second-order valence-corrected chi connectivity index (χ2v) is 5.64. The number of methoxy groups -OCH3 is 2. The molecule has 0 saturated heterocycles. The number of halogens is 1. The Balaban J connectivity index is 2.05. The molecular formula is C15H20ClNO3. The Bertz CT molecular complexity index is 456. The number of ether oxygens (including phenoxy) is 2. The molecule has 2 rings (SSSR count). The van der Waals surface area contributed by atoms with E-state index in [2.05, 4.69) is 5.32 Å². The van der Waals surface area contributed by atoms with Crippen LogP contribution in [0.5, 0.6) is 11.5 Å². The molecule has 0 spiro atoms. The molecule has 2 atom stereocenters. The number of carbonyl (C=O) groups is 1. The summed E-state index contributed by atoms with van der Waals surface area (Å²) in [5.41, 5.74) is 0.443. The molecule has 1 aromatic rings. The van der Waals surface area contributed by atoms with Crippen LogP contribution in [0.4, 0.5) is 0 Å². The molecule has 1 aliphatic rings. The van der Waals surface area contributed by atoms with Gasteiger partial charge < -0.3 is 14.8 Å². The van der Waals surface area contributed by atoms with Gasteiger partial charge in [0.25, 0.3) is 5.91 Å². The van der Waals surface area contributed by atoms with Gasteiger partial charge in [-0.25, -0.2) is 0 Å². The summed E-state index contributed by atoms with van der Waals surface area (Å²) in [6, 6.07) is 5.30. The van der Waals surface area contributed by atoms with E-state index < -0.39 is 0 Å². The second-order valence-electron chi connectivity index (χ2n) is 5.02. The Labute approximate surface area is 124 Å². The molecule has 0 heterocycles. The molecule has 5 heteroatoms.